The normalized spacial score (nSPS) is 17.4. The Morgan fingerprint density at radius 2 is 1.67 bits per heavy atom. The first-order chi connectivity index (χ1) is 9.88. The molecule has 0 atom stereocenters. The van der Waals surface area contributed by atoms with Crippen molar-refractivity contribution in [3.8, 4) is 11.5 Å². The molecule has 8 heteroatoms. The summed E-state index contributed by atoms with van der Waals surface area (Å²) >= 11 is 2.06. The summed E-state index contributed by atoms with van der Waals surface area (Å²) in [4.78, 5) is 14.1. The van der Waals surface area contributed by atoms with Crippen LogP contribution in [0.15, 0.2) is 12.1 Å². The van der Waals surface area contributed by atoms with Gasteiger partial charge in [-0.2, -0.15) is 0 Å². The van der Waals surface area contributed by atoms with Crippen LogP contribution in [0, 0.1) is 3.57 Å². The molecule has 1 aromatic carbocycles. The van der Waals surface area contributed by atoms with Gasteiger partial charge in [-0.25, -0.2) is 8.42 Å². The predicted octanol–water partition coefficient (Wildman–Crippen LogP) is 1.18. The number of hydrogen-bond acceptors (Lipinski definition) is 5. The fourth-order valence-corrected chi connectivity index (χ4v) is 3.97. The predicted molar refractivity (Wildman–Crippen MR) is 86.8 cm³/mol. The largest absolute Gasteiger partial charge is 0.493 e. The van der Waals surface area contributed by atoms with Crippen molar-refractivity contribution < 1.29 is 22.7 Å². The Morgan fingerprint density at radius 3 is 2.19 bits per heavy atom. The number of carbonyl (C=O) groups is 1. The standard InChI is InChI=1S/C13H16INO5S/c1-19-11-7-9(10(14)8-12(11)20-2)13(16)15-3-5-21(17,18)6-4-15/h7-8H,3-6H2,1-2H3. The number of halogens is 1. The quantitative estimate of drug-likeness (QED) is 0.681. The van der Waals surface area contributed by atoms with Crippen molar-refractivity contribution in [3.63, 3.8) is 0 Å². The Bertz CT molecular complexity index is 645. The van der Waals surface area contributed by atoms with Gasteiger partial charge in [0.1, 0.15) is 0 Å². The van der Waals surface area contributed by atoms with Crippen LogP contribution in [0.3, 0.4) is 0 Å². The Labute approximate surface area is 137 Å². The van der Waals surface area contributed by atoms with Gasteiger partial charge in [-0.1, -0.05) is 0 Å². The molecule has 0 saturated carbocycles. The van der Waals surface area contributed by atoms with Gasteiger partial charge >= 0.3 is 0 Å². The van der Waals surface area contributed by atoms with Crippen LogP contribution in [-0.4, -0.2) is 58.0 Å². The maximum Gasteiger partial charge on any atom is 0.255 e. The van der Waals surface area contributed by atoms with Gasteiger partial charge in [0.25, 0.3) is 5.91 Å². The Kier molecular flexibility index (Phi) is 4.97. The van der Waals surface area contributed by atoms with E-state index in [0.29, 0.717) is 17.1 Å². The van der Waals surface area contributed by atoms with Crippen LogP contribution >= 0.6 is 22.6 Å². The van der Waals surface area contributed by atoms with Crippen LogP contribution in [0.4, 0.5) is 0 Å². The van der Waals surface area contributed by atoms with E-state index in [1.54, 1.807) is 17.0 Å². The van der Waals surface area contributed by atoms with Crippen molar-refractivity contribution >= 4 is 38.3 Å². The lowest BCUT2D eigenvalue weighted by Crippen LogP contribution is -2.43. The summed E-state index contributed by atoms with van der Waals surface area (Å²) in [6, 6.07) is 3.36. The number of nitrogens with zero attached hydrogens (tertiary/aromatic N) is 1. The van der Waals surface area contributed by atoms with E-state index in [1.807, 2.05) is 0 Å². The van der Waals surface area contributed by atoms with E-state index in [4.69, 9.17) is 9.47 Å². The number of amides is 1. The summed E-state index contributed by atoms with van der Waals surface area (Å²) in [5, 5.41) is 0. The van der Waals surface area contributed by atoms with Crippen molar-refractivity contribution in [2.45, 2.75) is 0 Å². The average molecular weight is 425 g/mol. The first kappa shape index (κ1) is 16.3. The summed E-state index contributed by atoms with van der Waals surface area (Å²) in [7, 11) is 0.0336. The van der Waals surface area contributed by atoms with Gasteiger partial charge in [-0.3, -0.25) is 4.79 Å². The first-order valence-electron chi connectivity index (χ1n) is 6.29. The lowest BCUT2D eigenvalue weighted by molar-refractivity contribution is 0.0768. The number of carbonyl (C=O) groups excluding carboxylic acids is 1. The molecule has 116 valence electrons. The van der Waals surface area contributed by atoms with Crippen LogP contribution in [0.25, 0.3) is 0 Å². The molecule has 1 aromatic rings. The molecule has 1 aliphatic heterocycles. The fraction of sp³-hybridized carbons (Fsp3) is 0.462. The van der Waals surface area contributed by atoms with Gasteiger partial charge in [0.05, 0.1) is 31.3 Å². The molecule has 0 N–H and O–H groups in total. The number of benzene rings is 1. The monoisotopic (exact) mass is 425 g/mol. The van der Waals surface area contributed by atoms with Crippen molar-refractivity contribution in [2.24, 2.45) is 0 Å². The van der Waals surface area contributed by atoms with E-state index in [1.165, 1.54) is 14.2 Å². The topological polar surface area (TPSA) is 72.9 Å². The van der Waals surface area contributed by atoms with Crippen molar-refractivity contribution in [1.82, 2.24) is 4.90 Å². The van der Waals surface area contributed by atoms with E-state index >= 15 is 0 Å². The van der Waals surface area contributed by atoms with Crippen LogP contribution in [0.1, 0.15) is 10.4 Å². The summed E-state index contributed by atoms with van der Waals surface area (Å²) in [6.45, 7) is 0.456. The molecule has 0 spiro atoms. The zero-order valence-corrected chi connectivity index (χ0v) is 14.7. The maximum atomic E-state index is 12.5. The molecule has 6 nitrogen and oxygen atoms in total. The highest BCUT2D eigenvalue weighted by molar-refractivity contribution is 14.1. The zero-order chi connectivity index (χ0) is 15.6. The van der Waals surface area contributed by atoms with Crippen LogP contribution < -0.4 is 9.47 Å². The smallest absolute Gasteiger partial charge is 0.255 e. The van der Waals surface area contributed by atoms with E-state index in [2.05, 4.69) is 22.6 Å². The first-order valence-corrected chi connectivity index (χ1v) is 9.19. The highest BCUT2D eigenvalue weighted by Gasteiger charge is 2.27. The molecule has 2 rings (SSSR count). The molecule has 1 heterocycles. The Balaban J connectivity index is 2.27. The lowest BCUT2D eigenvalue weighted by atomic mass is 10.1. The van der Waals surface area contributed by atoms with Gasteiger partial charge in [0.15, 0.2) is 21.3 Å². The minimum atomic E-state index is -3.01. The van der Waals surface area contributed by atoms with Gasteiger partial charge in [-0.15, -0.1) is 0 Å². The fourth-order valence-electron chi connectivity index (χ4n) is 2.10. The molecule has 0 radical (unpaired) electrons. The Morgan fingerprint density at radius 1 is 1.14 bits per heavy atom. The van der Waals surface area contributed by atoms with Gasteiger partial charge in [0, 0.05) is 16.7 Å². The van der Waals surface area contributed by atoms with Crippen molar-refractivity contribution in [2.75, 3.05) is 38.8 Å². The zero-order valence-electron chi connectivity index (χ0n) is 11.8. The molecule has 0 aromatic heterocycles. The molecule has 1 amide bonds. The average Bonchev–Trinajstić information content (AvgIpc) is 2.46. The minimum absolute atomic E-state index is 0.0165. The number of rotatable bonds is 3. The second kappa shape index (κ2) is 6.39. The third kappa shape index (κ3) is 3.60. The van der Waals surface area contributed by atoms with Crippen LogP contribution in [0.2, 0.25) is 0 Å². The molecule has 1 aliphatic rings. The summed E-state index contributed by atoms with van der Waals surface area (Å²) in [5.41, 5.74) is 0.493. The van der Waals surface area contributed by atoms with Crippen LogP contribution in [-0.2, 0) is 9.84 Å². The summed E-state index contributed by atoms with van der Waals surface area (Å²) in [5.74, 6) is 0.881. The SMILES string of the molecule is COc1cc(I)c(C(=O)N2CCS(=O)(=O)CC2)cc1OC. The highest BCUT2D eigenvalue weighted by Crippen LogP contribution is 2.32. The third-order valence-corrected chi connectivity index (χ3v) is 5.84. The van der Waals surface area contributed by atoms with E-state index in [9.17, 15) is 13.2 Å². The molecular weight excluding hydrogens is 409 g/mol. The van der Waals surface area contributed by atoms with E-state index in [0.717, 1.165) is 3.57 Å². The lowest BCUT2D eigenvalue weighted by Gasteiger charge is -2.27. The second-order valence-electron chi connectivity index (χ2n) is 4.63. The Hall–Kier alpha value is -1.03. The molecule has 21 heavy (non-hydrogen) atoms. The van der Waals surface area contributed by atoms with Gasteiger partial charge < -0.3 is 14.4 Å². The number of ether oxygens (including phenoxy) is 2. The van der Waals surface area contributed by atoms with E-state index < -0.39 is 9.84 Å². The molecule has 0 unspecified atom stereocenters. The molecule has 0 aliphatic carbocycles. The number of sulfone groups is 1. The van der Waals surface area contributed by atoms with Gasteiger partial charge in [0.2, 0.25) is 0 Å². The molecule has 0 bridgehead atoms. The summed E-state index contributed by atoms with van der Waals surface area (Å²) < 4.78 is 34.0. The number of methoxy groups -OCH3 is 2. The minimum Gasteiger partial charge on any atom is -0.493 e. The van der Waals surface area contributed by atoms with Gasteiger partial charge in [-0.05, 0) is 34.7 Å². The highest BCUT2D eigenvalue weighted by atomic mass is 127. The second-order valence-corrected chi connectivity index (χ2v) is 8.10. The number of hydrogen-bond donors (Lipinski definition) is 0. The molecule has 1 saturated heterocycles. The summed E-state index contributed by atoms with van der Waals surface area (Å²) in [6.07, 6.45) is 0. The van der Waals surface area contributed by atoms with Crippen LogP contribution in [0.5, 0.6) is 11.5 Å². The van der Waals surface area contributed by atoms with Crippen molar-refractivity contribution in [1.29, 1.82) is 0 Å². The van der Waals surface area contributed by atoms with Crippen molar-refractivity contribution in [3.05, 3.63) is 21.3 Å². The van der Waals surface area contributed by atoms with E-state index in [-0.39, 0.29) is 30.5 Å². The third-order valence-electron chi connectivity index (χ3n) is 3.34. The molecule has 1 fully saturated rings. The molecular formula is C13H16INO5S. The maximum absolute atomic E-state index is 12.5.